The smallest absolute Gasteiger partial charge is 0.121 e. The average Bonchev–Trinajstić information content (AvgIpc) is 2.41. The molecule has 0 aliphatic heterocycles. The highest BCUT2D eigenvalue weighted by molar-refractivity contribution is 6.42. The van der Waals surface area contributed by atoms with Crippen molar-refractivity contribution < 1.29 is 4.74 Å². The van der Waals surface area contributed by atoms with E-state index in [1.807, 2.05) is 37.3 Å². The molecule has 0 radical (unpaired) electrons. The maximum absolute atomic E-state index is 6.26. The molecule has 2 aromatic carbocycles. The molecule has 0 aliphatic rings. The van der Waals surface area contributed by atoms with Crippen molar-refractivity contribution in [3.8, 4) is 5.75 Å². The van der Waals surface area contributed by atoms with Crippen molar-refractivity contribution >= 4 is 23.2 Å². The van der Waals surface area contributed by atoms with E-state index in [-0.39, 0.29) is 6.04 Å². The zero-order valence-electron chi connectivity index (χ0n) is 10.8. The molecule has 0 amide bonds. The van der Waals surface area contributed by atoms with Gasteiger partial charge in [-0.3, -0.25) is 0 Å². The number of aryl methyl sites for hydroxylation is 1. The predicted octanol–water partition coefficient (Wildman–Crippen LogP) is 4.36. The quantitative estimate of drug-likeness (QED) is 0.913. The Labute approximate surface area is 123 Å². The highest BCUT2D eigenvalue weighted by atomic mass is 35.5. The van der Waals surface area contributed by atoms with Crippen LogP contribution >= 0.6 is 23.2 Å². The van der Waals surface area contributed by atoms with Crippen molar-refractivity contribution in [2.24, 2.45) is 5.73 Å². The molecule has 2 aromatic rings. The third-order valence-electron chi connectivity index (χ3n) is 3.09. The molecule has 0 saturated carbocycles. The Bertz CT molecular complexity index is 599. The van der Waals surface area contributed by atoms with Crippen LogP contribution in [0.1, 0.15) is 22.7 Å². The van der Waals surface area contributed by atoms with Crippen LogP contribution in [0.5, 0.6) is 5.75 Å². The van der Waals surface area contributed by atoms with Gasteiger partial charge in [0.2, 0.25) is 0 Å². The van der Waals surface area contributed by atoms with Gasteiger partial charge in [0.25, 0.3) is 0 Å². The lowest BCUT2D eigenvalue weighted by Crippen LogP contribution is -2.12. The Kier molecular flexibility index (Phi) is 4.35. The second-order valence-electron chi connectivity index (χ2n) is 4.35. The highest BCUT2D eigenvalue weighted by Gasteiger charge is 2.15. The monoisotopic (exact) mass is 295 g/mol. The van der Waals surface area contributed by atoms with Gasteiger partial charge in [0.15, 0.2) is 0 Å². The zero-order chi connectivity index (χ0) is 14.0. The molecule has 0 aliphatic carbocycles. The summed E-state index contributed by atoms with van der Waals surface area (Å²) in [6.45, 7) is 1.98. The molecule has 100 valence electrons. The largest absolute Gasteiger partial charge is 0.496 e. The molecular formula is C15H15Cl2NO. The Hall–Kier alpha value is -1.22. The van der Waals surface area contributed by atoms with E-state index in [0.717, 1.165) is 22.4 Å². The van der Waals surface area contributed by atoms with Gasteiger partial charge in [0.05, 0.1) is 23.2 Å². The second-order valence-corrected chi connectivity index (χ2v) is 5.13. The molecule has 4 heteroatoms. The molecule has 0 aromatic heterocycles. The molecule has 0 heterocycles. The fourth-order valence-electron chi connectivity index (χ4n) is 2.04. The lowest BCUT2D eigenvalue weighted by atomic mass is 9.98. The fraction of sp³-hybridized carbons (Fsp3) is 0.200. The van der Waals surface area contributed by atoms with Gasteiger partial charge < -0.3 is 10.5 Å². The van der Waals surface area contributed by atoms with E-state index < -0.39 is 0 Å². The van der Waals surface area contributed by atoms with E-state index in [4.69, 9.17) is 33.7 Å². The number of nitrogens with two attached hydrogens (primary N) is 1. The summed E-state index contributed by atoms with van der Waals surface area (Å²) < 4.78 is 5.24. The van der Waals surface area contributed by atoms with Crippen LogP contribution in [-0.4, -0.2) is 7.11 Å². The molecule has 1 atom stereocenters. The maximum Gasteiger partial charge on any atom is 0.121 e. The molecule has 1 unspecified atom stereocenters. The first kappa shape index (κ1) is 14.2. The Morgan fingerprint density at radius 1 is 1.16 bits per heavy atom. The van der Waals surface area contributed by atoms with Gasteiger partial charge in [-0.05, 0) is 35.7 Å². The number of halogens is 2. The van der Waals surface area contributed by atoms with Crippen molar-refractivity contribution in [1.29, 1.82) is 0 Å². The standard InChI is InChI=1S/C15H15Cl2NO/c1-9-8-10(6-7-13(9)19-2)15(18)11-4-3-5-12(16)14(11)17/h3-8,15H,18H2,1-2H3. The summed E-state index contributed by atoms with van der Waals surface area (Å²) in [4.78, 5) is 0. The minimum absolute atomic E-state index is 0.309. The number of benzene rings is 2. The SMILES string of the molecule is COc1ccc(C(N)c2cccc(Cl)c2Cl)cc1C. The number of rotatable bonds is 3. The first-order valence-corrected chi connectivity index (χ1v) is 6.64. The first-order valence-electron chi connectivity index (χ1n) is 5.88. The van der Waals surface area contributed by atoms with Crippen molar-refractivity contribution in [1.82, 2.24) is 0 Å². The summed E-state index contributed by atoms with van der Waals surface area (Å²) >= 11 is 12.2. The van der Waals surface area contributed by atoms with E-state index >= 15 is 0 Å². The van der Waals surface area contributed by atoms with E-state index in [1.54, 1.807) is 13.2 Å². The molecule has 0 spiro atoms. The Balaban J connectivity index is 2.41. The zero-order valence-corrected chi connectivity index (χ0v) is 12.3. The summed E-state index contributed by atoms with van der Waals surface area (Å²) in [6.07, 6.45) is 0. The van der Waals surface area contributed by atoms with Crippen LogP contribution in [0.2, 0.25) is 10.0 Å². The van der Waals surface area contributed by atoms with Crippen molar-refractivity contribution in [3.05, 3.63) is 63.1 Å². The molecular weight excluding hydrogens is 281 g/mol. The van der Waals surface area contributed by atoms with Crippen LogP contribution in [0.3, 0.4) is 0 Å². The summed E-state index contributed by atoms with van der Waals surface area (Å²) in [6, 6.07) is 11.0. The number of methoxy groups -OCH3 is 1. The maximum atomic E-state index is 6.26. The van der Waals surface area contributed by atoms with Crippen molar-refractivity contribution in [2.75, 3.05) is 7.11 Å². The van der Waals surface area contributed by atoms with Gasteiger partial charge in [-0.1, -0.05) is 47.5 Å². The summed E-state index contributed by atoms with van der Waals surface area (Å²) in [5.41, 5.74) is 9.09. The normalized spacial score (nSPS) is 12.3. The van der Waals surface area contributed by atoms with Crippen LogP contribution in [0.25, 0.3) is 0 Å². The molecule has 0 saturated heterocycles. The molecule has 0 fully saturated rings. The van der Waals surface area contributed by atoms with Crippen molar-refractivity contribution in [3.63, 3.8) is 0 Å². The van der Waals surface area contributed by atoms with Gasteiger partial charge in [-0.15, -0.1) is 0 Å². The number of ether oxygens (including phenoxy) is 1. The third-order valence-corrected chi connectivity index (χ3v) is 3.93. The van der Waals surface area contributed by atoms with E-state index in [0.29, 0.717) is 10.0 Å². The predicted molar refractivity (Wildman–Crippen MR) is 80.2 cm³/mol. The Morgan fingerprint density at radius 3 is 2.53 bits per heavy atom. The molecule has 0 bridgehead atoms. The van der Waals surface area contributed by atoms with Gasteiger partial charge in [-0.2, -0.15) is 0 Å². The van der Waals surface area contributed by atoms with Gasteiger partial charge in [0, 0.05) is 0 Å². The molecule has 19 heavy (non-hydrogen) atoms. The van der Waals surface area contributed by atoms with Gasteiger partial charge in [-0.25, -0.2) is 0 Å². The van der Waals surface area contributed by atoms with E-state index in [2.05, 4.69) is 0 Å². The third kappa shape index (κ3) is 2.86. The summed E-state index contributed by atoms with van der Waals surface area (Å²) in [5, 5.41) is 1.02. The van der Waals surface area contributed by atoms with Gasteiger partial charge >= 0.3 is 0 Å². The van der Waals surface area contributed by atoms with E-state index in [9.17, 15) is 0 Å². The highest BCUT2D eigenvalue weighted by Crippen LogP contribution is 2.33. The lowest BCUT2D eigenvalue weighted by Gasteiger charge is -2.16. The van der Waals surface area contributed by atoms with Crippen LogP contribution in [0.4, 0.5) is 0 Å². The van der Waals surface area contributed by atoms with Crippen LogP contribution in [0, 0.1) is 6.92 Å². The lowest BCUT2D eigenvalue weighted by molar-refractivity contribution is 0.411. The Morgan fingerprint density at radius 2 is 1.89 bits per heavy atom. The van der Waals surface area contributed by atoms with Gasteiger partial charge in [0.1, 0.15) is 5.75 Å². The molecule has 2 nitrogen and oxygen atoms in total. The summed E-state index contributed by atoms with van der Waals surface area (Å²) in [7, 11) is 1.65. The number of hydrogen-bond donors (Lipinski definition) is 1. The van der Waals surface area contributed by atoms with Crippen molar-refractivity contribution in [2.45, 2.75) is 13.0 Å². The average molecular weight is 296 g/mol. The molecule has 2 N–H and O–H groups in total. The number of hydrogen-bond acceptors (Lipinski definition) is 2. The van der Waals surface area contributed by atoms with Crippen LogP contribution < -0.4 is 10.5 Å². The summed E-state index contributed by atoms with van der Waals surface area (Å²) in [5.74, 6) is 0.841. The topological polar surface area (TPSA) is 35.2 Å². The second kappa shape index (κ2) is 5.83. The fourth-order valence-corrected chi connectivity index (χ4v) is 2.46. The van der Waals surface area contributed by atoms with Crippen LogP contribution in [0.15, 0.2) is 36.4 Å². The van der Waals surface area contributed by atoms with Crippen LogP contribution in [-0.2, 0) is 0 Å². The molecule has 2 rings (SSSR count). The minimum atomic E-state index is -0.309. The minimum Gasteiger partial charge on any atom is -0.496 e. The van der Waals surface area contributed by atoms with E-state index in [1.165, 1.54) is 0 Å². The first-order chi connectivity index (χ1) is 9.04.